The maximum atomic E-state index is 13.0. The fourth-order valence-corrected chi connectivity index (χ4v) is 2.33. The minimum atomic E-state index is -0.174. The van der Waals surface area contributed by atoms with Crippen LogP contribution in [-0.2, 0) is 0 Å². The van der Waals surface area contributed by atoms with Crippen LogP contribution in [0.5, 0.6) is 23.0 Å². The second kappa shape index (κ2) is 8.24. The van der Waals surface area contributed by atoms with Gasteiger partial charge in [-0.15, -0.1) is 0 Å². The zero-order valence-corrected chi connectivity index (χ0v) is 14.4. The maximum Gasteiger partial charge on any atom is 0.200 e. The van der Waals surface area contributed by atoms with E-state index >= 15 is 0 Å². The second-order valence-electron chi connectivity index (χ2n) is 4.92. The minimum Gasteiger partial charge on any atom is -0.497 e. The van der Waals surface area contributed by atoms with Crippen LogP contribution in [0.25, 0.3) is 0 Å². The summed E-state index contributed by atoms with van der Waals surface area (Å²) in [5.41, 5.74) is 0.924. The van der Waals surface area contributed by atoms with Crippen LogP contribution in [0.2, 0.25) is 0 Å². The highest BCUT2D eigenvalue weighted by Gasteiger charge is 2.20. The van der Waals surface area contributed by atoms with Gasteiger partial charge in [-0.1, -0.05) is 0 Å². The lowest BCUT2D eigenvalue weighted by Gasteiger charge is -2.14. The Morgan fingerprint density at radius 1 is 0.792 bits per heavy atom. The van der Waals surface area contributed by atoms with Gasteiger partial charge in [0, 0.05) is 12.1 Å². The lowest BCUT2D eigenvalue weighted by Crippen LogP contribution is -2.08. The lowest BCUT2D eigenvalue weighted by atomic mass is 10.0. The SMILES string of the molecule is CCOc1cc(OC)ccc1C(=O)c1ccc(OC)cc1OCC. The van der Waals surface area contributed by atoms with Crippen LogP contribution in [0.3, 0.4) is 0 Å². The zero-order valence-electron chi connectivity index (χ0n) is 14.4. The normalized spacial score (nSPS) is 10.2. The summed E-state index contributed by atoms with van der Waals surface area (Å²) in [7, 11) is 3.15. The van der Waals surface area contributed by atoms with Crippen molar-refractivity contribution < 1.29 is 23.7 Å². The Bertz CT molecular complexity index is 649. The van der Waals surface area contributed by atoms with Crippen molar-refractivity contribution in [1.29, 1.82) is 0 Å². The van der Waals surface area contributed by atoms with E-state index in [1.165, 1.54) is 0 Å². The average Bonchev–Trinajstić information content (AvgIpc) is 2.61. The topological polar surface area (TPSA) is 54.0 Å². The highest BCUT2D eigenvalue weighted by molar-refractivity contribution is 6.12. The lowest BCUT2D eigenvalue weighted by molar-refractivity contribution is 0.103. The average molecular weight is 330 g/mol. The molecule has 0 spiro atoms. The van der Waals surface area contributed by atoms with E-state index in [1.807, 2.05) is 13.8 Å². The van der Waals surface area contributed by atoms with Gasteiger partial charge in [-0.05, 0) is 38.1 Å². The predicted octanol–water partition coefficient (Wildman–Crippen LogP) is 3.73. The number of carbonyl (C=O) groups is 1. The third-order valence-corrected chi connectivity index (χ3v) is 3.47. The van der Waals surface area contributed by atoms with E-state index in [1.54, 1.807) is 50.6 Å². The number of hydrogen-bond donors (Lipinski definition) is 0. The van der Waals surface area contributed by atoms with Gasteiger partial charge in [0.25, 0.3) is 0 Å². The monoisotopic (exact) mass is 330 g/mol. The van der Waals surface area contributed by atoms with Gasteiger partial charge in [-0.2, -0.15) is 0 Å². The van der Waals surface area contributed by atoms with E-state index in [0.717, 1.165) is 0 Å². The summed E-state index contributed by atoms with van der Waals surface area (Å²) in [6.45, 7) is 4.64. The molecule has 0 aliphatic carbocycles. The van der Waals surface area contributed by atoms with Crippen molar-refractivity contribution in [1.82, 2.24) is 0 Å². The van der Waals surface area contributed by atoms with Crippen molar-refractivity contribution in [2.45, 2.75) is 13.8 Å². The van der Waals surface area contributed by atoms with Crippen molar-refractivity contribution >= 4 is 5.78 Å². The summed E-state index contributed by atoms with van der Waals surface area (Å²) < 4.78 is 21.6. The van der Waals surface area contributed by atoms with Crippen molar-refractivity contribution in [2.24, 2.45) is 0 Å². The maximum absolute atomic E-state index is 13.0. The van der Waals surface area contributed by atoms with Gasteiger partial charge in [-0.3, -0.25) is 4.79 Å². The van der Waals surface area contributed by atoms with Gasteiger partial charge in [0.2, 0.25) is 0 Å². The molecule has 0 aromatic heterocycles. The molecule has 0 heterocycles. The van der Waals surface area contributed by atoms with Crippen LogP contribution >= 0.6 is 0 Å². The van der Waals surface area contributed by atoms with E-state index in [4.69, 9.17) is 18.9 Å². The first-order chi connectivity index (χ1) is 11.6. The Morgan fingerprint density at radius 3 is 1.54 bits per heavy atom. The first-order valence-corrected chi connectivity index (χ1v) is 7.80. The van der Waals surface area contributed by atoms with Gasteiger partial charge in [0.05, 0.1) is 38.6 Å². The molecule has 0 saturated heterocycles. The van der Waals surface area contributed by atoms with Crippen LogP contribution in [0.1, 0.15) is 29.8 Å². The molecule has 0 saturated carbocycles. The van der Waals surface area contributed by atoms with Crippen LogP contribution in [0, 0.1) is 0 Å². The Labute approximate surface area is 142 Å². The summed E-state index contributed by atoms with van der Waals surface area (Å²) in [5.74, 6) is 2.07. The quantitative estimate of drug-likeness (QED) is 0.690. The molecular formula is C19H22O5. The zero-order chi connectivity index (χ0) is 17.5. The van der Waals surface area contributed by atoms with E-state index in [2.05, 4.69) is 0 Å². The van der Waals surface area contributed by atoms with Crippen molar-refractivity contribution in [2.75, 3.05) is 27.4 Å². The Morgan fingerprint density at radius 2 is 1.21 bits per heavy atom. The largest absolute Gasteiger partial charge is 0.497 e. The van der Waals surface area contributed by atoms with Crippen molar-refractivity contribution in [3.8, 4) is 23.0 Å². The Hall–Kier alpha value is -2.69. The molecule has 2 aromatic carbocycles. The number of rotatable bonds is 8. The molecule has 0 N–H and O–H groups in total. The summed E-state index contributed by atoms with van der Waals surface area (Å²) in [4.78, 5) is 13.0. The molecule has 5 heteroatoms. The first kappa shape index (κ1) is 17.7. The molecule has 2 rings (SSSR count). The molecule has 5 nitrogen and oxygen atoms in total. The van der Waals surface area contributed by atoms with E-state index in [-0.39, 0.29) is 5.78 Å². The molecule has 0 aliphatic heterocycles. The number of carbonyl (C=O) groups excluding carboxylic acids is 1. The van der Waals surface area contributed by atoms with Gasteiger partial charge >= 0.3 is 0 Å². The Kier molecular flexibility index (Phi) is 6.07. The summed E-state index contributed by atoms with van der Waals surface area (Å²) >= 11 is 0. The number of benzene rings is 2. The molecule has 24 heavy (non-hydrogen) atoms. The first-order valence-electron chi connectivity index (χ1n) is 7.80. The van der Waals surface area contributed by atoms with Crippen LogP contribution in [0.15, 0.2) is 36.4 Å². The molecule has 0 atom stereocenters. The van der Waals surface area contributed by atoms with Gasteiger partial charge in [0.15, 0.2) is 5.78 Å². The number of ketones is 1. The fourth-order valence-electron chi connectivity index (χ4n) is 2.33. The van der Waals surface area contributed by atoms with Gasteiger partial charge in [-0.25, -0.2) is 0 Å². The fraction of sp³-hybridized carbons (Fsp3) is 0.316. The molecule has 0 aliphatic rings. The molecule has 0 radical (unpaired) electrons. The van der Waals surface area contributed by atoms with Gasteiger partial charge in [0.1, 0.15) is 23.0 Å². The van der Waals surface area contributed by atoms with Crippen molar-refractivity contribution in [3.63, 3.8) is 0 Å². The molecule has 0 unspecified atom stereocenters. The molecule has 0 bridgehead atoms. The highest BCUT2D eigenvalue weighted by atomic mass is 16.5. The third kappa shape index (κ3) is 3.79. The molecule has 128 valence electrons. The summed E-state index contributed by atoms with van der Waals surface area (Å²) in [6.07, 6.45) is 0. The minimum absolute atomic E-state index is 0.174. The standard InChI is InChI=1S/C19H22O5/c1-5-23-17-11-13(21-3)7-9-15(17)19(20)16-10-8-14(22-4)12-18(16)24-6-2/h7-12H,5-6H2,1-4H3. The second-order valence-corrected chi connectivity index (χ2v) is 4.92. The molecule has 2 aromatic rings. The van der Waals surface area contributed by atoms with Crippen LogP contribution < -0.4 is 18.9 Å². The molecular weight excluding hydrogens is 308 g/mol. The van der Waals surface area contributed by atoms with E-state index in [0.29, 0.717) is 47.3 Å². The molecule has 0 fully saturated rings. The Balaban J connectivity index is 2.48. The highest BCUT2D eigenvalue weighted by Crippen LogP contribution is 2.31. The third-order valence-electron chi connectivity index (χ3n) is 3.47. The number of hydrogen-bond acceptors (Lipinski definition) is 5. The van der Waals surface area contributed by atoms with Crippen LogP contribution in [0.4, 0.5) is 0 Å². The predicted molar refractivity (Wildman–Crippen MR) is 91.8 cm³/mol. The molecule has 0 amide bonds. The van der Waals surface area contributed by atoms with Crippen LogP contribution in [-0.4, -0.2) is 33.2 Å². The summed E-state index contributed by atoms with van der Waals surface area (Å²) in [5, 5.41) is 0. The smallest absolute Gasteiger partial charge is 0.200 e. The summed E-state index contributed by atoms with van der Waals surface area (Å²) in [6, 6.07) is 10.3. The number of methoxy groups -OCH3 is 2. The van der Waals surface area contributed by atoms with E-state index < -0.39 is 0 Å². The number of ether oxygens (including phenoxy) is 4. The van der Waals surface area contributed by atoms with E-state index in [9.17, 15) is 4.79 Å². The van der Waals surface area contributed by atoms with Crippen molar-refractivity contribution in [3.05, 3.63) is 47.5 Å². The van der Waals surface area contributed by atoms with Gasteiger partial charge < -0.3 is 18.9 Å².